The number of morpholine rings is 1. The van der Waals surface area contributed by atoms with Crippen molar-refractivity contribution in [1.82, 2.24) is 29.9 Å². The number of benzene rings is 3. The van der Waals surface area contributed by atoms with E-state index >= 15 is 0 Å². The van der Waals surface area contributed by atoms with Crippen LogP contribution in [0.25, 0.3) is 5.69 Å². The lowest BCUT2D eigenvalue weighted by Gasteiger charge is -2.26. The summed E-state index contributed by atoms with van der Waals surface area (Å²) in [5.41, 5.74) is 0.819. The standard InChI is InChI=1S/C31H26ClFN6O5/c32-19-9-10-25(23(15-19)29(41)22-7-3-4-8-24(22)33)39-26(35-36-27(39)17-37-11-13-44-14-12-37)16-34-28(40)18-38-30(42)20-5-1-2-6-21(20)31(38)43/h1-10,15H,11-14,16-18H2,(H,34,40). The number of amides is 3. The van der Waals surface area contributed by atoms with Crippen molar-refractivity contribution in [2.24, 2.45) is 0 Å². The van der Waals surface area contributed by atoms with Crippen LogP contribution in [0.2, 0.25) is 5.02 Å². The molecule has 6 rings (SSSR count). The second-order valence-electron chi connectivity index (χ2n) is 10.2. The lowest BCUT2D eigenvalue weighted by Crippen LogP contribution is -2.40. The van der Waals surface area contributed by atoms with Crippen LogP contribution in [-0.2, 0) is 22.6 Å². The van der Waals surface area contributed by atoms with Gasteiger partial charge in [-0.15, -0.1) is 10.2 Å². The molecule has 0 radical (unpaired) electrons. The Morgan fingerprint density at radius 3 is 2.25 bits per heavy atom. The predicted molar refractivity (Wildman–Crippen MR) is 156 cm³/mol. The van der Waals surface area contributed by atoms with Crippen molar-refractivity contribution in [2.75, 3.05) is 32.8 Å². The van der Waals surface area contributed by atoms with Gasteiger partial charge in [-0.3, -0.25) is 33.5 Å². The van der Waals surface area contributed by atoms with E-state index in [2.05, 4.69) is 20.4 Å². The van der Waals surface area contributed by atoms with E-state index in [1.807, 2.05) is 0 Å². The second kappa shape index (κ2) is 12.4. The molecule has 0 saturated carbocycles. The summed E-state index contributed by atoms with van der Waals surface area (Å²) in [6.45, 7) is 2.13. The van der Waals surface area contributed by atoms with Crippen molar-refractivity contribution in [3.8, 4) is 5.69 Å². The highest BCUT2D eigenvalue weighted by Crippen LogP contribution is 2.27. The Labute approximate surface area is 256 Å². The quantitative estimate of drug-likeness (QED) is 0.225. The molecule has 1 N–H and O–H groups in total. The van der Waals surface area contributed by atoms with Crippen LogP contribution in [0.5, 0.6) is 0 Å². The molecule has 1 fully saturated rings. The fourth-order valence-corrected chi connectivity index (χ4v) is 5.42. The van der Waals surface area contributed by atoms with E-state index in [-0.39, 0.29) is 39.6 Å². The molecule has 224 valence electrons. The zero-order valence-electron chi connectivity index (χ0n) is 23.3. The predicted octanol–water partition coefficient (Wildman–Crippen LogP) is 3.04. The average molecular weight is 617 g/mol. The Morgan fingerprint density at radius 1 is 0.886 bits per heavy atom. The van der Waals surface area contributed by atoms with Gasteiger partial charge in [0.25, 0.3) is 11.8 Å². The molecule has 44 heavy (non-hydrogen) atoms. The minimum absolute atomic E-state index is 0.115. The molecule has 0 bridgehead atoms. The van der Waals surface area contributed by atoms with Crippen LogP contribution in [0.4, 0.5) is 4.39 Å². The summed E-state index contributed by atoms with van der Waals surface area (Å²) in [4.78, 5) is 55.1. The number of nitrogens with zero attached hydrogens (tertiary/aromatic N) is 5. The first-order valence-electron chi connectivity index (χ1n) is 13.9. The number of ketones is 1. The van der Waals surface area contributed by atoms with Crippen LogP contribution in [0.3, 0.4) is 0 Å². The zero-order valence-corrected chi connectivity index (χ0v) is 24.1. The topological polar surface area (TPSA) is 127 Å². The minimum atomic E-state index is -0.679. The normalized spacial score (nSPS) is 15.0. The van der Waals surface area contributed by atoms with Gasteiger partial charge in [-0.25, -0.2) is 4.39 Å². The van der Waals surface area contributed by atoms with Crippen LogP contribution < -0.4 is 5.32 Å². The molecule has 3 heterocycles. The van der Waals surface area contributed by atoms with Gasteiger partial charge in [-0.1, -0.05) is 35.9 Å². The summed E-state index contributed by atoms with van der Waals surface area (Å²) in [7, 11) is 0. The number of carbonyl (C=O) groups excluding carboxylic acids is 4. The van der Waals surface area contributed by atoms with Gasteiger partial charge in [-0.2, -0.15) is 0 Å². The van der Waals surface area contributed by atoms with Crippen LogP contribution in [-0.4, -0.2) is 80.9 Å². The number of carbonyl (C=O) groups is 4. The van der Waals surface area contributed by atoms with Crippen LogP contribution in [0.15, 0.2) is 66.7 Å². The third-order valence-corrected chi connectivity index (χ3v) is 7.69. The van der Waals surface area contributed by atoms with Gasteiger partial charge in [0.2, 0.25) is 5.91 Å². The van der Waals surface area contributed by atoms with Crippen LogP contribution in [0.1, 0.15) is 48.3 Å². The number of fused-ring (bicyclic) bond motifs is 1. The number of hydrogen-bond donors (Lipinski definition) is 1. The van der Waals surface area contributed by atoms with E-state index in [1.165, 1.54) is 36.4 Å². The van der Waals surface area contributed by atoms with Gasteiger partial charge in [0.05, 0.1) is 48.7 Å². The van der Waals surface area contributed by atoms with Gasteiger partial charge >= 0.3 is 0 Å². The summed E-state index contributed by atoms with van der Waals surface area (Å²) in [6.07, 6.45) is 0. The van der Waals surface area contributed by atoms with Gasteiger partial charge in [0.15, 0.2) is 17.4 Å². The molecule has 0 atom stereocenters. The number of halogens is 2. The molecular formula is C31H26ClFN6O5. The molecule has 2 aliphatic rings. The van der Waals surface area contributed by atoms with Crippen LogP contribution >= 0.6 is 11.6 Å². The molecule has 1 aromatic heterocycles. The maximum absolute atomic E-state index is 14.7. The fraction of sp³-hybridized carbons (Fsp3) is 0.226. The first-order chi connectivity index (χ1) is 21.3. The van der Waals surface area contributed by atoms with Crippen molar-refractivity contribution in [1.29, 1.82) is 0 Å². The molecule has 3 amide bonds. The summed E-state index contributed by atoms with van der Waals surface area (Å²) in [6, 6.07) is 16.7. The Kier molecular flexibility index (Phi) is 8.29. The number of hydrogen-bond acceptors (Lipinski definition) is 8. The highest BCUT2D eigenvalue weighted by molar-refractivity contribution is 6.31. The average Bonchev–Trinajstić information content (AvgIpc) is 3.54. The van der Waals surface area contributed by atoms with E-state index in [0.717, 1.165) is 4.90 Å². The number of imide groups is 1. The first kappa shape index (κ1) is 29.3. The maximum atomic E-state index is 14.7. The SMILES string of the molecule is O=C(CN1C(=O)c2ccccc2C1=O)NCc1nnc(CN2CCOCC2)n1-c1ccc(Cl)cc1C(=O)c1ccccc1F. The number of nitrogens with one attached hydrogen (secondary N) is 1. The second-order valence-corrected chi connectivity index (χ2v) is 10.7. The van der Waals surface area contributed by atoms with Crippen LogP contribution in [0, 0.1) is 5.82 Å². The zero-order chi connectivity index (χ0) is 30.8. The van der Waals surface area contributed by atoms with E-state index in [4.69, 9.17) is 16.3 Å². The van der Waals surface area contributed by atoms with Crippen molar-refractivity contribution in [3.05, 3.63) is 111 Å². The van der Waals surface area contributed by atoms with E-state index in [1.54, 1.807) is 34.9 Å². The first-order valence-corrected chi connectivity index (χ1v) is 14.2. The fourth-order valence-electron chi connectivity index (χ4n) is 5.24. The number of aromatic nitrogens is 3. The Balaban J connectivity index is 1.30. The third kappa shape index (κ3) is 5.74. The summed E-state index contributed by atoms with van der Waals surface area (Å²) >= 11 is 6.30. The van der Waals surface area contributed by atoms with Gasteiger partial charge in [-0.05, 0) is 42.5 Å². The molecule has 2 aliphatic heterocycles. The largest absolute Gasteiger partial charge is 0.379 e. The van der Waals surface area contributed by atoms with Crippen molar-refractivity contribution >= 4 is 35.1 Å². The van der Waals surface area contributed by atoms with Crippen molar-refractivity contribution in [2.45, 2.75) is 13.1 Å². The molecule has 3 aromatic carbocycles. The number of rotatable bonds is 9. The molecule has 13 heteroatoms. The molecule has 4 aromatic rings. The Hall–Kier alpha value is -4.78. The van der Waals surface area contributed by atoms with Gasteiger partial charge < -0.3 is 10.1 Å². The Bertz CT molecular complexity index is 1750. The molecule has 0 aliphatic carbocycles. The van der Waals surface area contributed by atoms with E-state index in [9.17, 15) is 23.6 Å². The summed E-state index contributed by atoms with van der Waals surface area (Å²) in [5.74, 6) is -2.21. The number of ether oxygens (including phenoxy) is 1. The lowest BCUT2D eigenvalue weighted by atomic mass is 10.0. The lowest BCUT2D eigenvalue weighted by molar-refractivity contribution is -0.121. The van der Waals surface area contributed by atoms with E-state index < -0.39 is 35.9 Å². The molecular weight excluding hydrogens is 591 g/mol. The highest BCUT2D eigenvalue weighted by atomic mass is 35.5. The van der Waals surface area contributed by atoms with Gasteiger partial charge in [0, 0.05) is 23.7 Å². The van der Waals surface area contributed by atoms with Crippen molar-refractivity contribution in [3.63, 3.8) is 0 Å². The smallest absolute Gasteiger partial charge is 0.262 e. The minimum Gasteiger partial charge on any atom is -0.379 e. The summed E-state index contributed by atoms with van der Waals surface area (Å²) < 4.78 is 21.8. The maximum Gasteiger partial charge on any atom is 0.262 e. The summed E-state index contributed by atoms with van der Waals surface area (Å²) in [5, 5.41) is 11.7. The Morgan fingerprint density at radius 2 is 1.55 bits per heavy atom. The van der Waals surface area contributed by atoms with E-state index in [0.29, 0.717) is 44.4 Å². The third-order valence-electron chi connectivity index (χ3n) is 7.45. The molecule has 1 saturated heterocycles. The van der Waals surface area contributed by atoms with Crippen molar-refractivity contribution < 1.29 is 28.3 Å². The van der Waals surface area contributed by atoms with Gasteiger partial charge in [0.1, 0.15) is 12.4 Å². The molecule has 0 unspecified atom stereocenters. The molecule has 0 spiro atoms. The highest BCUT2D eigenvalue weighted by Gasteiger charge is 2.36. The molecule has 11 nitrogen and oxygen atoms in total. The monoisotopic (exact) mass is 616 g/mol.